The van der Waals surface area contributed by atoms with Crippen LogP contribution in [0.5, 0.6) is 0 Å². The second-order valence-corrected chi connectivity index (χ2v) is 10.8. The second kappa shape index (κ2) is 9.61. The van der Waals surface area contributed by atoms with Crippen LogP contribution in [0.2, 0.25) is 0 Å². The summed E-state index contributed by atoms with van der Waals surface area (Å²) in [6.45, 7) is 0.347. The van der Waals surface area contributed by atoms with E-state index in [2.05, 4.69) is 47.8 Å². The van der Waals surface area contributed by atoms with Gasteiger partial charge in [-0.1, -0.05) is 86.3 Å². The number of hydrogen-bond acceptors (Lipinski definition) is 1. The predicted octanol–water partition coefficient (Wildman–Crippen LogP) is 4.94. The van der Waals surface area contributed by atoms with Gasteiger partial charge >= 0.3 is 0 Å². The Bertz CT molecular complexity index is 123. The molecule has 0 amide bonds. The smallest absolute Gasteiger partial charge is 0.135 e. The minimum Gasteiger partial charge on any atom is -0.396 e. The van der Waals surface area contributed by atoms with Crippen molar-refractivity contribution in [1.29, 1.82) is 0 Å². The van der Waals surface area contributed by atoms with Crippen molar-refractivity contribution in [3.63, 3.8) is 0 Å². The molecule has 0 bridgehead atoms. The van der Waals surface area contributed by atoms with Gasteiger partial charge in [-0.2, -0.15) is 0 Å². The third kappa shape index (κ3) is 13.4. The van der Waals surface area contributed by atoms with Gasteiger partial charge in [0.1, 0.15) is 2.14 Å². The Labute approximate surface area is 112 Å². The van der Waals surface area contributed by atoms with Crippen molar-refractivity contribution >= 4 is 47.8 Å². The van der Waals surface area contributed by atoms with Crippen molar-refractivity contribution in [3.8, 4) is 0 Å². The Kier molecular flexibility index (Phi) is 10.6. The maximum atomic E-state index is 8.58. The SMILES string of the molecule is OCCCCCCCCCC(Br)(Br)Br. The van der Waals surface area contributed by atoms with Gasteiger partial charge in [0.25, 0.3) is 0 Å². The monoisotopic (exact) mass is 392 g/mol. The fourth-order valence-corrected chi connectivity index (χ4v) is 2.16. The average Bonchev–Trinajstić information content (AvgIpc) is 2.08. The van der Waals surface area contributed by atoms with Gasteiger partial charge in [-0.25, -0.2) is 0 Å². The molecule has 0 aliphatic rings. The fourth-order valence-electron chi connectivity index (χ4n) is 1.32. The lowest BCUT2D eigenvalue weighted by Gasteiger charge is -2.10. The summed E-state index contributed by atoms with van der Waals surface area (Å²) in [5, 5.41) is 8.58. The maximum absolute atomic E-state index is 8.58. The molecular weight excluding hydrogens is 376 g/mol. The number of aliphatic hydroxyl groups is 1. The number of unbranched alkanes of at least 4 members (excludes halogenated alkanes) is 6. The third-order valence-electron chi connectivity index (χ3n) is 2.12. The van der Waals surface area contributed by atoms with Crippen LogP contribution in [0.1, 0.15) is 51.4 Å². The normalized spacial score (nSPS) is 12.0. The van der Waals surface area contributed by atoms with E-state index in [9.17, 15) is 0 Å². The molecule has 86 valence electrons. The van der Waals surface area contributed by atoms with Crippen molar-refractivity contribution in [2.75, 3.05) is 6.61 Å². The summed E-state index contributed by atoms with van der Waals surface area (Å²) in [5.74, 6) is 0. The van der Waals surface area contributed by atoms with Crippen LogP contribution in [0.3, 0.4) is 0 Å². The number of halogens is 3. The third-order valence-corrected chi connectivity index (χ3v) is 3.31. The highest BCUT2D eigenvalue weighted by Gasteiger charge is 2.15. The van der Waals surface area contributed by atoms with E-state index in [1.165, 1.54) is 38.5 Å². The molecular formula is C10H19Br3O. The Morgan fingerprint density at radius 3 is 1.57 bits per heavy atom. The topological polar surface area (TPSA) is 20.2 Å². The molecule has 0 radical (unpaired) electrons. The van der Waals surface area contributed by atoms with Gasteiger partial charge in [0.15, 0.2) is 0 Å². The van der Waals surface area contributed by atoms with Crippen LogP contribution in [0.25, 0.3) is 0 Å². The Hall–Kier alpha value is 1.40. The van der Waals surface area contributed by atoms with Crippen molar-refractivity contribution in [2.45, 2.75) is 53.5 Å². The molecule has 0 unspecified atom stereocenters. The van der Waals surface area contributed by atoms with Crippen LogP contribution < -0.4 is 0 Å². The number of alkyl halides is 3. The zero-order valence-electron chi connectivity index (χ0n) is 8.45. The molecule has 14 heavy (non-hydrogen) atoms. The highest BCUT2D eigenvalue weighted by atomic mass is 80.0. The molecule has 1 nitrogen and oxygen atoms in total. The maximum Gasteiger partial charge on any atom is 0.135 e. The molecule has 1 N–H and O–H groups in total. The average molecular weight is 395 g/mol. The summed E-state index contributed by atoms with van der Waals surface area (Å²) < 4.78 is -0.0517. The first-order valence-corrected chi connectivity index (χ1v) is 7.62. The largest absolute Gasteiger partial charge is 0.396 e. The lowest BCUT2D eigenvalue weighted by Crippen LogP contribution is -1.98. The van der Waals surface area contributed by atoms with Crippen LogP contribution in [0, 0.1) is 0 Å². The summed E-state index contributed by atoms with van der Waals surface area (Å²) in [6, 6.07) is 0. The van der Waals surface area contributed by atoms with Crippen molar-refractivity contribution in [1.82, 2.24) is 0 Å². The van der Waals surface area contributed by atoms with E-state index in [0.29, 0.717) is 6.61 Å². The van der Waals surface area contributed by atoms with Crippen molar-refractivity contribution < 1.29 is 5.11 Å². The van der Waals surface area contributed by atoms with Crippen LogP contribution >= 0.6 is 47.8 Å². The molecule has 0 atom stereocenters. The van der Waals surface area contributed by atoms with E-state index in [-0.39, 0.29) is 2.14 Å². The molecule has 0 fully saturated rings. The molecule has 0 spiro atoms. The minimum atomic E-state index is -0.0517. The lowest BCUT2D eigenvalue weighted by atomic mass is 10.1. The lowest BCUT2D eigenvalue weighted by molar-refractivity contribution is 0.282. The van der Waals surface area contributed by atoms with E-state index < -0.39 is 0 Å². The zero-order valence-corrected chi connectivity index (χ0v) is 13.2. The fraction of sp³-hybridized carbons (Fsp3) is 1.00. The molecule has 0 aromatic heterocycles. The standard InChI is InChI=1S/C10H19Br3O/c11-10(12,13)8-6-4-2-1-3-5-7-9-14/h14H,1-9H2. The number of rotatable bonds is 8. The molecule has 4 heteroatoms. The van der Waals surface area contributed by atoms with Gasteiger partial charge in [-0.3, -0.25) is 0 Å². The second-order valence-electron chi connectivity index (χ2n) is 3.56. The first-order chi connectivity index (χ1) is 6.56. The van der Waals surface area contributed by atoms with Gasteiger partial charge in [-0.05, 0) is 12.8 Å². The summed E-state index contributed by atoms with van der Waals surface area (Å²) >= 11 is 10.5. The molecule has 0 aliphatic carbocycles. The summed E-state index contributed by atoms with van der Waals surface area (Å²) in [6.07, 6.45) is 9.66. The summed E-state index contributed by atoms with van der Waals surface area (Å²) in [4.78, 5) is 0. The summed E-state index contributed by atoms with van der Waals surface area (Å²) in [5.41, 5.74) is 0. The minimum absolute atomic E-state index is 0.0517. The highest BCUT2D eigenvalue weighted by Crippen LogP contribution is 2.38. The molecule has 0 aromatic rings. The van der Waals surface area contributed by atoms with E-state index in [4.69, 9.17) is 5.11 Å². The highest BCUT2D eigenvalue weighted by molar-refractivity contribution is 9.39. The van der Waals surface area contributed by atoms with E-state index in [1.54, 1.807) is 0 Å². The zero-order chi connectivity index (χ0) is 10.9. The van der Waals surface area contributed by atoms with Crippen molar-refractivity contribution in [2.24, 2.45) is 0 Å². The quantitative estimate of drug-likeness (QED) is 0.456. The van der Waals surface area contributed by atoms with Crippen LogP contribution in [-0.4, -0.2) is 13.9 Å². The molecule has 0 rings (SSSR count). The molecule has 0 aliphatic heterocycles. The van der Waals surface area contributed by atoms with Crippen molar-refractivity contribution in [3.05, 3.63) is 0 Å². The van der Waals surface area contributed by atoms with Gasteiger partial charge in [-0.15, -0.1) is 0 Å². The molecule has 0 aromatic carbocycles. The van der Waals surface area contributed by atoms with E-state index >= 15 is 0 Å². The van der Waals surface area contributed by atoms with E-state index in [0.717, 1.165) is 12.8 Å². The van der Waals surface area contributed by atoms with Gasteiger partial charge in [0.2, 0.25) is 0 Å². The molecule has 0 heterocycles. The van der Waals surface area contributed by atoms with E-state index in [1.807, 2.05) is 0 Å². The Morgan fingerprint density at radius 1 is 0.714 bits per heavy atom. The van der Waals surface area contributed by atoms with Gasteiger partial charge in [0, 0.05) is 6.61 Å². The Morgan fingerprint density at radius 2 is 1.14 bits per heavy atom. The molecule has 0 saturated carbocycles. The number of aliphatic hydroxyl groups excluding tert-OH is 1. The Balaban J connectivity index is 2.99. The first kappa shape index (κ1) is 15.4. The number of hydrogen-bond donors (Lipinski definition) is 1. The first-order valence-electron chi connectivity index (χ1n) is 5.24. The predicted molar refractivity (Wildman–Crippen MR) is 73.5 cm³/mol. The van der Waals surface area contributed by atoms with Gasteiger partial charge in [0.05, 0.1) is 0 Å². The van der Waals surface area contributed by atoms with Crippen LogP contribution in [0.4, 0.5) is 0 Å². The summed E-state index contributed by atoms with van der Waals surface area (Å²) in [7, 11) is 0. The van der Waals surface area contributed by atoms with Crippen LogP contribution in [-0.2, 0) is 0 Å². The van der Waals surface area contributed by atoms with Crippen LogP contribution in [0.15, 0.2) is 0 Å². The molecule has 0 saturated heterocycles. The van der Waals surface area contributed by atoms with Gasteiger partial charge < -0.3 is 5.11 Å².